The van der Waals surface area contributed by atoms with Crippen LogP contribution in [0.25, 0.3) is 0 Å². The number of benzene rings is 2. The van der Waals surface area contributed by atoms with Crippen molar-refractivity contribution >= 4 is 16.0 Å². The molecule has 8 heteroatoms. The minimum atomic E-state index is -3.78. The van der Waals surface area contributed by atoms with Gasteiger partial charge in [0, 0.05) is 6.04 Å². The Morgan fingerprint density at radius 2 is 1.96 bits per heavy atom. The predicted octanol–water partition coefficient (Wildman–Crippen LogP) is 2.65. The molecule has 0 spiro atoms. The quantitative estimate of drug-likeness (QED) is 0.805. The first-order valence-corrected chi connectivity index (χ1v) is 9.59. The molecule has 0 aliphatic heterocycles. The first-order valence-electron chi connectivity index (χ1n) is 8.10. The molecule has 0 heterocycles. The van der Waals surface area contributed by atoms with Gasteiger partial charge in [-0.25, -0.2) is 22.3 Å². The molecule has 1 aliphatic rings. The van der Waals surface area contributed by atoms with Gasteiger partial charge in [0.25, 0.3) is 0 Å². The van der Waals surface area contributed by atoms with Crippen LogP contribution in [-0.4, -0.2) is 26.1 Å². The number of hydrogen-bond donors (Lipinski definition) is 2. The fourth-order valence-corrected chi connectivity index (χ4v) is 4.27. The number of aliphatic carboxylic acids is 1. The lowest BCUT2D eigenvalue weighted by Gasteiger charge is -2.26. The Morgan fingerprint density at radius 1 is 1.23 bits per heavy atom. The van der Waals surface area contributed by atoms with E-state index in [0.29, 0.717) is 12.2 Å². The number of halogens is 1. The summed E-state index contributed by atoms with van der Waals surface area (Å²) in [5.74, 6) is -1.12. The van der Waals surface area contributed by atoms with Crippen LogP contribution >= 0.6 is 0 Å². The Morgan fingerprint density at radius 3 is 2.65 bits per heavy atom. The maximum absolute atomic E-state index is 13.0. The molecule has 0 aromatic heterocycles. The minimum absolute atomic E-state index is 0.00688. The second-order valence-corrected chi connectivity index (χ2v) is 7.78. The number of ether oxygens (including phenoxy) is 1. The van der Waals surface area contributed by atoms with Crippen molar-refractivity contribution in [1.82, 2.24) is 4.72 Å². The summed E-state index contributed by atoms with van der Waals surface area (Å²) in [6.07, 6.45) is 2.18. The third-order valence-electron chi connectivity index (χ3n) is 4.21. The molecule has 0 saturated carbocycles. The number of rotatable bonds is 6. The van der Waals surface area contributed by atoms with E-state index in [4.69, 9.17) is 9.84 Å². The molecule has 0 radical (unpaired) electrons. The summed E-state index contributed by atoms with van der Waals surface area (Å²) in [5, 5.41) is 8.68. The Bertz CT molecular complexity index is 912. The summed E-state index contributed by atoms with van der Waals surface area (Å²) in [7, 11) is -3.78. The van der Waals surface area contributed by atoms with Gasteiger partial charge in [-0.2, -0.15) is 0 Å². The highest BCUT2D eigenvalue weighted by molar-refractivity contribution is 7.89. The monoisotopic (exact) mass is 379 g/mol. The topological polar surface area (TPSA) is 92.7 Å². The fraction of sp³-hybridized carbons (Fsp3) is 0.278. The Kier molecular flexibility index (Phi) is 5.24. The van der Waals surface area contributed by atoms with E-state index in [9.17, 15) is 17.6 Å². The normalized spacial score (nSPS) is 16.7. The van der Waals surface area contributed by atoms with E-state index < -0.39 is 34.5 Å². The van der Waals surface area contributed by atoms with Crippen LogP contribution in [0.1, 0.15) is 30.0 Å². The van der Waals surface area contributed by atoms with Crippen molar-refractivity contribution < 1.29 is 27.4 Å². The molecule has 3 rings (SSSR count). The number of carbonyl (C=O) groups is 1. The molecule has 6 nitrogen and oxygen atoms in total. The van der Waals surface area contributed by atoms with Gasteiger partial charge in [0.2, 0.25) is 10.0 Å². The van der Waals surface area contributed by atoms with Crippen LogP contribution in [0.4, 0.5) is 4.39 Å². The molecule has 2 aromatic rings. The van der Waals surface area contributed by atoms with Crippen molar-refractivity contribution in [2.75, 3.05) is 6.61 Å². The van der Waals surface area contributed by atoms with Gasteiger partial charge in [0.15, 0.2) is 6.61 Å². The van der Waals surface area contributed by atoms with Crippen LogP contribution in [0.3, 0.4) is 0 Å². The number of carboxylic acid groups (broad SMARTS) is 1. The lowest BCUT2D eigenvalue weighted by molar-refractivity contribution is -0.139. The largest absolute Gasteiger partial charge is 0.482 e. The standard InChI is InChI=1S/C18H18FNO5S/c19-13-4-7-15(8-5-13)26(23,24)20-17-3-1-2-12-10-14(6-9-16(12)17)25-11-18(21)22/h4-10,17,20H,1-3,11H2,(H,21,22). The zero-order valence-electron chi connectivity index (χ0n) is 13.8. The van der Waals surface area contributed by atoms with Gasteiger partial charge in [0.05, 0.1) is 4.90 Å². The molecule has 1 atom stereocenters. The summed E-state index contributed by atoms with van der Waals surface area (Å²) in [6, 6.07) is 9.40. The second kappa shape index (κ2) is 7.43. The zero-order valence-corrected chi connectivity index (χ0v) is 14.6. The van der Waals surface area contributed by atoms with E-state index in [1.807, 2.05) is 0 Å². The minimum Gasteiger partial charge on any atom is -0.482 e. The summed E-state index contributed by atoms with van der Waals surface area (Å²) in [6.45, 7) is -0.431. The van der Waals surface area contributed by atoms with Crippen LogP contribution < -0.4 is 9.46 Å². The van der Waals surface area contributed by atoms with Crippen molar-refractivity contribution in [3.63, 3.8) is 0 Å². The first kappa shape index (κ1) is 18.3. The molecular weight excluding hydrogens is 361 g/mol. The molecular formula is C18H18FNO5S. The van der Waals surface area contributed by atoms with Crippen molar-refractivity contribution in [2.45, 2.75) is 30.2 Å². The van der Waals surface area contributed by atoms with Crippen LogP contribution in [0.5, 0.6) is 5.75 Å². The molecule has 0 saturated heterocycles. The van der Waals surface area contributed by atoms with Crippen LogP contribution in [0, 0.1) is 5.82 Å². The number of hydrogen-bond acceptors (Lipinski definition) is 4. The average Bonchev–Trinajstić information content (AvgIpc) is 2.60. The van der Waals surface area contributed by atoms with E-state index in [1.165, 1.54) is 12.1 Å². The third-order valence-corrected chi connectivity index (χ3v) is 5.70. The highest BCUT2D eigenvalue weighted by Gasteiger charge is 2.26. The SMILES string of the molecule is O=C(O)COc1ccc2c(c1)CCCC2NS(=O)(=O)c1ccc(F)cc1. The van der Waals surface area contributed by atoms with Gasteiger partial charge in [-0.3, -0.25) is 0 Å². The van der Waals surface area contributed by atoms with Crippen molar-refractivity contribution in [3.05, 3.63) is 59.4 Å². The number of carboxylic acids is 1. The lowest BCUT2D eigenvalue weighted by Crippen LogP contribution is -2.31. The average molecular weight is 379 g/mol. The Labute approximate surface area is 150 Å². The molecule has 138 valence electrons. The molecule has 26 heavy (non-hydrogen) atoms. The van der Waals surface area contributed by atoms with Gasteiger partial charge in [0.1, 0.15) is 11.6 Å². The third kappa shape index (κ3) is 4.20. The molecule has 2 N–H and O–H groups in total. The van der Waals surface area contributed by atoms with E-state index in [2.05, 4.69) is 4.72 Å². The number of nitrogens with one attached hydrogen (secondary N) is 1. The van der Waals surface area contributed by atoms with E-state index >= 15 is 0 Å². The molecule has 0 bridgehead atoms. The van der Waals surface area contributed by atoms with Crippen LogP contribution in [0.2, 0.25) is 0 Å². The molecule has 2 aromatic carbocycles. The van der Waals surface area contributed by atoms with Gasteiger partial charge in [-0.05, 0) is 66.8 Å². The second-order valence-electron chi connectivity index (χ2n) is 6.06. The summed E-state index contributed by atoms with van der Waals surface area (Å²) < 4.78 is 46.0. The summed E-state index contributed by atoms with van der Waals surface area (Å²) >= 11 is 0. The van der Waals surface area contributed by atoms with Crippen LogP contribution in [0.15, 0.2) is 47.4 Å². The number of aryl methyl sites for hydroxylation is 1. The van der Waals surface area contributed by atoms with Gasteiger partial charge < -0.3 is 9.84 Å². The van der Waals surface area contributed by atoms with Crippen molar-refractivity contribution in [1.29, 1.82) is 0 Å². The molecule has 0 amide bonds. The van der Waals surface area contributed by atoms with E-state index in [-0.39, 0.29) is 4.90 Å². The number of fused-ring (bicyclic) bond motifs is 1. The van der Waals surface area contributed by atoms with Crippen LogP contribution in [-0.2, 0) is 21.2 Å². The molecule has 1 aliphatic carbocycles. The molecule has 0 fully saturated rings. The summed E-state index contributed by atoms with van der Waals surface area (Å²) in [5.41, 5.74) is 1.76. The number of sulfonamides is 1. The maximum atomic E-state index is 13.0. The van der Waals surface area contributed by atoms with Crippen molar-refractivity contribution in [2.24, 2.45) is 0 Å². The first-order chi connectivity index (χ1) is 12.3. The summed E-state index contributed by atoms with van der Waals surface area (Å²) in [4.78, 5) is 10.6. The smallest absolute Gasteiger partial charge is 0.341 e. The zero-order chi connectivity index (χ0) is 18.7. The van der Waals surface area contributed by atoms with Gasteiger partial charge in [-0.15, -0.1) is 0 Å². The van der Waals surface area contributed by atoms with E-state index in [1.54, 1.807) is 18.2 Å². The van der Waals surface area contributed by atoms with Gasteiger partial charge >= 0.3 is 5.97 Å². The van der Waals surface area contributed by atoms with E-state index in [0.717, 1.165) is 36.1 Å². The maximum Gasteiger partial charge on any atom is 0.341 e. The fourth-order valence-electron chi connectivity index (χ4n) is 3.02. The highest BCUT2D eigenvalue weighted by atomic mass is 32.2. The highest BCUT2D eigenvalue weighted by Crippen LogP contribution is 2.33. The Hall–Kier alpha value is -2.45. The Balaban J connectivity index is 1.81. The van der Waals surface area contributed by atoms with Crippen molar-refractivity contribution in [3.8, 4) is 5.75 Å². The lowest BCUT2D eigenvalue weighted by atomic mass is 9.88. The van der Waals surface area contributed by atoms with Gasteiger partial charge in [-0.1, -0.05) is 6.07 Å². The predicted molar refractivity (Wildman–Crippen MR) is 92.0 cm³/mol. The molecule has 1 unspecified atom stereocenters.